The van der Waals surface area contributed by atoms with Gasteiger partial charge < -0.3 is 14.2 Å². The van der Waals surface area contributed by atoms with Crippen LogP contribution >= 0.6 is 0 Å². The van der Waals surface area contributed by atoms with E-state index >= 15 is 0 Å². The molecule has 0 aliphatic rings. The summed E-state index contributed by atoms with van der Waals surface area (Å²) in [7, 11) is 1.28. The molecule has 0 fully saturated rings. The van der Waals surface area contributed by atoms with Gasteiger partial charge in [-0.15, -0.1) is 0 Å². The summed E-state index contributed by atoms with van der Waals surface area (Å²) in [6.07, 6.45) is 0.879. The third kappa shape index (κ3) is 5.53. The van der Waals surface area contributed by atoms with Gasteiger partial charge in [0.1, 0.15) is 6.61 Å². The number of carbonyl (C=O) groups is 1. The van der Waals surface area contributed by atoms with Gasteiger partial charge in [-0.05, 0) is 48.7 Å². The molecule has 2 aromatic carbocycles. The highest BCUT2D eigenvalue weighted by molar-refractivity contribution is 5.82. The highest BCUT2D eigenvalue weighted by atomic mass is 16.5. The SMILES string of the molecule is CCOc1cc(/C=N\NC(=O)OC)ccc1OCc1ccccc1C. The second-order valence-electron chi connectivity index (χ2n) is 5.22. The Hall–Kier alpha value is -3.02. The van der Waals surface area contributed by atoms with Crippen molar-refractivity contribution >= 4 is 12.3 Å². The molecule has 0 saturated heterocycles. The molecule has 1 N–H and O–H groups in total. The van der Waals surface area contributed by atoms with E-state index < -0.39 is 6.09 Å². The lowest BCUT2D eigenvalue weighted by molar-refractivity contribution is 0.171. The zero-order valence-corrected chi connectivity index (χ0v) is 14.6. The van der Waals surface area contributed by atoms with Crippen LogP contribution in [0.15, 0.2) is 47.6 Å². The number of nitrogens with zero attached hydrogens (tertiary/aromatic N) is 1. The Kier molecular flexibility index (Phi) is 6.83. The summed E-state index contributed by atoms with van der Waals surface area (Å²) in [6.45, 7) is 4.94. The number of rotatable bonds is 7. The number of hydrazone groups is 1. The first-order valence-electron chi connectivity index (χ1n) is 7.95. The van der Waals surface area contributed by atoms with Crippen LogP contribution in [0.1, 0.15) is 23.6 Å². The summed E-state index contributed by atoms with van der Waals surface area (Å²) >= 11 is 0. The number of benzene rings is 2. The highest BCUT2D eigenvalue weighted by Gasteiger charge is 2.07. The minimum atomic E-state index is -0.625. The number of amides is 1. The maximum atomic E-state index is 11.0. The monoisotopic (exact) mass is 342 g/mol. The predicted molar refractivity (Wildman–Crippen MR) is 96.3 cm³/mol. The van der Waals surface area contributed by atoms with Gasteiger partial charge in [-0.25, -0.2) is 10.2 Å². The van der Waals surface area contributed by atoms with Crippen LogP contribution in [0.25, 0.3) is 0 Å². The second-order valence-corrected chi connectivity index (χ2v) is 5.22. The third-order valence-corrected chi connectivity index (χ3v) is 3.47. The van der Waals surface area contributed by atoms with Crippen LogP contribution in [-0.2, 0) is 11.3 Å². The van der Waals surface area contributed by atoms with Crippen molar-refractivity contribution < 1.29 is 19.0 Å². The number of carbonyl (C=O) groups excluding carboxylic acids is 1. The van der Waals surface area contributed by atoms with E-state index in [-0.39, 0.29) is 0 Å². The fourth-order valence-electron chi connectivity index (χ4n) is 2.13. The Balaban J connectivity index is 2.10. The number of hydrogen-bond donors (Lipinski definition) is 1. The maximum Gasteiger partial charge on any atom is 0.427 e. The molecule has 0 spiro atoms. The molecule has 0 aromatic heterocycles. The van der Waals surface area contributed by atoms with Gasteiger partial charge in [0.2, 0.25) is 0 Å². The van der Waals surface area contributed by atoms with Crippen molar-refractivity contribution in [2.45, 2.75) is 20.5 Å². The minimum absolute atomic E-state index is 0.462. The first kappa shape index (κ1) is 18.3. The van der Waals surface area contributed by atoms with Gasteiger partial charge in [-0.1, -0.05) is 24.3 Å². The second kappa shape index (κ2) is 9.32. The summed E-state index contributed by atoms with van der Waals surface area (Å²) in [5, 5.41) is 3.80. The summed E-state index contributed by atoms with van der Waals surface area (Å²) < 4.78 is 16.0. The third-order valence-electron chi connectivity index (χ3n) is 3.47. The summed E-state index contributed by atoms with van der Waals surface area (Å²) in [5.41, 5.74) is 5.30. The van der Waals surface area contributed by atoms with Crippen molar-refractivity contribution in [1.29, 1.82) is 0 Å². The topological polar surface area (TPSA) is 69.2 Å². The van der Waals surface area contributed by atoms with Crippen molar-refractivity contribution in [3.05, 3.63) is 59.2 Å². The molecule has 6 heteroatoms. The minimum Gasteiger partial charge on any atom is -0.490 e. The molecular formula is C19H22N2O4. The van der Waals surface area contributed by atoms with Crippen LogP contribution in [-0.4, -0.2) is 26.0 Å². The van der Waals surface area contributed by atoms with E-state index in [9.17, 15) is 4.79 Å². The van der Waals surface area contributed by atoms with Crippen LogP contribution in [0.4, 0.5) is 4.79 Å². The molecule has 0 bridgehead atoms. The Bertz CT molecular complexity index is 744. The molecule has 2 rings (SSSR count). The van der Waals surface area contributed by atoms with Crippen LogP contribution < -0.4 is 14.9 Å². The first-order valence-corrected chi connectivity index (χ1v) is 7.95. The number of methoxy groups -OCH3 is 1. The van der Waals surface area contributed by atoms with E-state index in [0.29, 0.717) is 24.7 Å². The number of aryl methyl sites for hydroxylation is 1. The van der Waals surface area contributed by atoms with Gasteiger partial charge in [-0.3, -0.25) is 0 Å². The lowest BCUT2D eigenvalue weighted by Gasteiger charge is -2.13. The molecule has 2 aromatic rings. The molecule has 25 heavy (non-hydrogen) atoms. The van der Waals surface area contributed by atoms with Crippen LogP contribution in [0.2, 0.25) is 0 Å². The average Bonchev–Trinajstić information content (AvgIpc) is 2.62. The first-order chi connectivity index (χ1) is 12.1. The van der Waals surface area contributed by atoms with E-state index in [4.69, 9.17) is 9.47 Å². The van der Waals surface area contributed by atoms with Gasteiger partial charge in [-0.2, -0.15) is 5.10 Å². The van der Waals surface area contributed by atoms with E-state index in [2.05, 4.69) is 28.3 Å². The van der Waals surface area contributed by atoms with Crippen molar-refractivity contribution in [3.8, 4) is 11.5 Å². The van der Waals surface area contributed by atoms with Crippen molar-refractivity contribution in [3.63, 3.8) is 0 Å². The largest absolute Gasteiger partial charge is 0.490 e. The molecule has 0 aliphatic heterocycles. The van der Waals surface area contributed by atoms with Crippen molar-refractivity contribution in [1.82, 2.24) is 5.43 Å². The summed E-state index contributed by atoms with van der Waals surface area (Å²) in [6, 6.07) is 13.5. The number of hydrogen-bond acceptors (Lipinski definition) is 5. The van der Waals surface area contributed by atoms with Gasteiger partial charge in [0.25, 0.3) is 0 Å². The number of ether oxygens (including phenoxy) is 3. The molecule has 1 amide bonds. The van der Waals surface area contributed by atoms with Crippen molar-refractivity contribution in [2.75, 3.05) is 13.7 Å². The van der Waals surface area contributed by atoms with Crippen molar-refractivity contribution in [2.24, 2.45) is 5.10 Å². The molecule has 0 aliphatic carbocycles. The Morgan fingerprint density at radius 2 is 1.96 bits per heavy atom. The maximum absolute atomic E-state index is 11.0. The lowest BCUT2D eigenvalue weighted by Crippen LogP contribution is -2.16. The normalized spacial score (nSPS) is 10.5. The van der Waals surface area contributed by atoms with Crippen LogP contribution in [0.5, 0.6) is 11.5 Å². The smallest absolute Gasteiger partial charge is 0.427 e. The van der Waals surface area contributed by atoms with Gasteiger partial charge in [0.15, 0.2) is 11.5 Å². The van der Waals surface area contributed by atoms with E-state index in [1.807, 2.05) is 37.3 Å². The quantitative estimate of drug-likeness (QED) is 0.616. The average molecular weight is 342 g/mol. The zero-order valence-electron chi connectivity index (χ0n) is 14.6. The highest BCUT2D eigenvalue weighted by Crippen LogP contribution is 2.29. The fraction of sp³-hybridized carbons (Fsp3) is 0.263. The van der Waals surface area contributed by atoms with Crippen LogP contribution in [0.3, 0.4) is 0 Å². The molecule has 0 unspecified atom stereocenters. The number of nitrogens with one attached hydrogen (secondary N) is 1. The van der Waals surface area contributed by atoms with Crippen LogP contribution in [0, 0.1) is 6.92 Å². The molecular weight excluding hydrogens is 320 g/mol. The molecule has 0 saturated carbocycles. The Morgan fingerprint density at radius 1 is 1.16 bits per heavy atom. The standard InChI is InChI=1S/C19H22N2O4/c1-4-24-18-11-15(12-20-21-19(22)23-3)9-10-17(18)25-13-16-8-6-5-7-14(16)2/h5-12H,4,13H2,1-3H3,(H,21,22)/b20-12-. The fourth-order valence-corrected chi connectivity index (χ4v) is 2.13. The summed E-state index contributed by atoms with van der Waals surface area (Å²) in [5.74, 6) is 1.28. The van der Waals surface area contributed by atoms with Gasteiger partial charge in [0, 0.05) is 0 Å². The lowest BCUT2D eigenvalue weighted by atomic mass is 10.1. The van der Waals surface area contributed by atoms with E-state index in [1.165, 1.54) is 18.9 Å². The molecule has 132 valence electrons. The van der Waals surface area contributed by atoms with E-state index in [0.717, 1.165) is 11.1 Å². The Labute approximate surface area is 147 Å². The molecule has 0 atom stereocenters. The zero-order chi connectivity index (χ0) is 18.1. The van der Waals surface area contributed by atoms with E-state index in [1.54, 1.807) is 6.07 Å². The van der Waals surface area contributed by atoms with Gasteiger partial charge >= 0.3 is 6.09 Å². The molecule has 0 radical (unpaired) electrons. The molecule has 0 heterocycles. The predicted octanol–water partition coefficient (Wildman–Crippen LogP) is 3.66. The van der Waals surface area contributed by atoms with Gasteiger partial charge in [0.05, 0.1) is 19.9 Å². The Morgan fingerprint density at radius 3 is 2.68 bits per heavy atom. The summed E-state index contributed by atoms with van der Waals surface area (Å²) in [4.78, 5) is 11.0. The molecule has 6 nitrogen and oxygen atoms in total.